The van der Waals surface area contributed by atoms with Gasteiger partial charge < -0.3 is 9.08 Å². The summed E-state index contributed by atoms with van der Waals surface area (Å²) in [6.07, 6.45) is 0.820. The predicted molar refractivity (Wildman–Crippen MR) is 104 cm³/mol. The van der Waals surface area contributed by atoms with Gasteiger partial charge in [-0.3, -0.25) is 4.79 Å². The number of para-hydroxylation sites is 1. The van der Waals surface area contributed by atoms with E-state index in [1.807, 2.05) is 44.2 Å². The van der Waals surface area contributed by atoms with Crippen molar-refractivity contribution in [2.24, 2.45) is 5.14 Å². The number of hydrogen-bond acceptors (Lipinski definition) is 5. The summed E-state index contributed by atoms with van der Waals surface area (Å²) >= 11 is 0.731. The fourth-order valence-corrected chi connectivity index (χ4v) is 3.39. The summed E-state index contributed by atoms with van der Waals surface area (Å²) in [5.74, 6) is 0.385. The van der Waals surface area contributed by atoms with Gasteiger partial charge in [0.15, 0.2) is 5.75 Å². The lowest BCUT2D eigenvalue weighted by Gasteiger charge is -2.18. The summed E-state index contributed by atoms with van der Waals surface area (Å²) in [7, 11) is 6.97. The lowest BCUT2D eigenvalue weighted by atomic mass is 10.1. The summed E-state index contributed by atoms with van der Waals surface area (Å²) < 4.78 is 5.27. The summed E-state index contributed by atoms with van der Waals surface area (Å²) in [5.41, 5.74) is 2.56. The van der Waals surface area contributed by atoms with Crippen LogP contribution >= 0.6 is 33.9 Å². The van der Waals surface area contributed by atoms with E-state index in [2.05, 4.69) is 0 Å². The monoisotopic (exact) mass is 382 g/mol. The van der Waals surface area contributed by atoms with Crippen LogP contribution in [0.2, 0.25) is 0 Å². The number of carbonyl (C=O) groups excluding carboxylic acids is 1. The van der Waals surface area contributed by atoms with Gasteiger partial charge in [0.2, 0.25) is 0 Å². The molecule has 1 amide bonds. The minimum Gasteiger partial charge on any atom is -0.409 e. The maximum atomic E-state index is 12.8. The first kappa shape index (κ1) is 19.0. The Bertz CT molecular complexity index is 713. The molecule has 0 spiro atoms. The third kappa shape index (κ3) is 4.00. The van der Waals surface area contributed by atoms with Crippen LogP contribution in [0.1, 0.15) is 29.8 Å². The Morgan fingerprint density at radius 2 is 2.00 bits per heavy atom. The van der Waals surface area contributed by atoms with E-state index in [9.17, 15) is 4.79 Å². The molecule has 1 aliphatic heterocycles. The van der Waals surface area contributed by atoms with Crippen molar-refractivity contribution in [3.63, 3.8) is 0 Å². The van der Waals surface area contributed by atoms with Crippen LogP contribution in [0.15, 0.2) is 47.4 Å². The van der Waals surface area contributed by atoms with Gasteiger partial charge in [-0.05, 0) is 64.0 Å². The van der Waals surface area contributed by atoms with E-state index < -0.39 is 0 Å². The van der Waals surface area contributed by atoms with Crippen LogP contribution in [-0.4, -0.2) is 12.5 Å². The van der Waals surface area contributed by atoms with Crippen molar-refractivity contribution in [2.45, 2.75) is 25.2 Å². The first-order chi connectivity index (χ1) is 11.7. The molecule has 4 nitrogen and oxygen atoms in total. The second kappa shape index (κ2) is 9.22. The highest BCUT2D eigenvalue weighted by atomic mass is 35.7. The number of benzene rings is 2. The van der Waals surface area contributed by atoms with E-state index in [1.54, 1.807) is 17.0 Å². The number of anilines is 1. The first-order valence-corrected chi connectivity index (χ1v) is 10.0. The Morgan fingerprint density at radius 1 is 1.25 bits per heavy atom. The fraction of sp³-hybridized carbons (Fsp3) is 0.235. The highest BCUT2D eigenvalue weighted by molar-refractivity contribution is 8.21. The van der Waals surface area contributed by atoms with Crippen LogP contribution in [-0.2, 0) is 6.42 Å². The Labute approximate surface area is 155 Å². The summed E-state index contributed by atoms with van der Waals surface area (Å²) in [5, 5.41) is 5.35. The van der Waals surface area contributed by atoms with E-state index in [0.717, 1.165) is 34.8 Å². The largest absolute Gasteiger partial charge is 0.409 e. The van der Waals surface area contributed by atoms with Crippen molar-refractivity contribution in [3.8, 4) is 5.75 Å². The number of halogens is 1. The smallest absolute Gasteiger partial charge is 0.262 e. The zero-order valence-electron chi connectivity index (χ0n) is 13.5. The molecular weight excluding hydrogens is 364 g/mol. The molecule has 1 aliphatic rings. The van der Waals surface area contributed by atoms with Gasteiger partial charge in [-0.15, -0.1) is 0 Å². The Kier molecular flexibility index (Phi) is 7.30. The third-order valence-corrected chi connectivity index (χ3v) is 4.78. The van der Waals surface area contributed by atoms with E-state index in [0.29, 0.717) is 17.9 Å². The van der Waals surface area contributed by atoms with Gasteiger partial charge in [-0.1, -0.05) is 26.0 Å². The molecule has 1 heterocycles. The number of rotatable bonds is 4. The van der Waals surface area contributed by atoms with E-state index in [4.69, 9.17) is 20.0 Å². The van der Waals surface area contributed by atoms with Gasteiger partial charge in [-0.25, -0.2) is 5.14 Å². The fourth-order valence-electron chi connectivity index (χ4n) is 2.55. The molecule has 0 aliphatic carbocycles. The quantitative estimate of drug-likeness (QED) is 0.591. The van der Waals surface area contributed by atoms with Gasteiger partial charge in [0.25, 0.3) is 5.91 Å². The predicted octanol–water partition coefficient (Wildman–Crippen LogP) is 5.06. The molecule has 0 aromatic heterocycles. The molecule has 2 aromatic rings. The van der Waals surface area contributed by atoms with Gasteiger partial charge in [0.05, 0.1) is 5.56 Å². The maximum absolute atomic E-state index is 12.8. The molecule has 3 rings (SSSR count). The van der Waals surface area contributed by atoms with Crippen LogP contribution in [0, 0.1) is 0 Å². The molecule has 24 heavy (non-hydrogen) atoms. The van der Waals surface area contributed by atoms with E-state index in [1.165, 1.54) is 11.0 Å². The maximum Gasteiger partial charge on any atom is 0.262 e. The summed E-state index contributed by atoms with van der Waals surface area (Å²) in [6, 6.07) is 13.0. The van der Waals surface area contributed by atoms with Crippen molar-refractivity contribution < 1.29 is 8.98 Å². The molecule has 0 atom stereocenters. The minimum atomic E-state index is -0.0883. The zero-order valence-corrected chi connectivity index (χ0v) is 15.9. The molecule has 2 aromatic carbocycles. The summed E-state index contributed by atoms with van der Waals surface area (Å²) in [6.45, 7) is 4.65. The topological polar surface area (TPSA) is 55.6 Å². The molecule has 0 saturated carbocycles. The first-order valence-electron chi connectivity index (χ1n) is 7.60. The van der Waals surface area contributed by atoms with E-state index in [-0.39, 0.29) is 5.91 Å². The van der Waals surface area contributed by atoms with E-state index >= 15 is 0 Å². The SMILES string of the molecule is CC.NSOc1ccccc1C(=O)N1CCc2cc(SCl)ccc21. The highest BCUT2D eigenvalue weighted by Crippen LogP contribution is 2.35. The molecular formula is C17H19ClN2O2S2. The van der Waals surface area contributed by atoms with Gasteiger partial charge in [0, 0.05) is 17.1 Å². The average molecular weight is 383 g/mol. The van der Waals surface area contributed by atoms with Gasteiger partial charge >= 0.3 is 0 Å². The third-order valence-electron chi connectivity index (χ3n) is 3.54. The van der Waals surface area contributed by atoms with Crippen LogP contribution in [0.25, 0.3) is 0 Å². The number of hydrogen-bond donors (Lipinski definition) is 1. The lowest BCUT2D eigenvalue weighted by molar-refractivity contribution is 0.0988. The van der Waals surface area contributed by atoms with Crippen molar-refractivity contribution >= 4 is 45.5 Å². The Hall–Kier alpha value is -1.34. The number of nitrogens with zero attached hydrogens (tertiary/aromatic N) is 1. The second-order valence-corrected chi connectivity index (χ2v) is 6.20. The molecule has 0 fully saturated rings. The summed E-state index contributed by atoms with van der Waals surface area (Å²) in [4.78, 5) is 15.6. The van der Waals surface area contributed by atoms with Crippen LogP contribution in [0.3, 0.4) is 0 Å². The zero-order chi connectivity index (χ0) is 17.5. The van der Waals surface area contributed by atoms with Crippen molar-refractivity contribution in [2.75, 3.05) is 11.4 Å². The average Bonchev–Trinajstić information content (AvgIpc) is 3.06. The van der Waals surface area contributed by atoms with Gasteiger partial charge in [-0.2, -0.15) is 0 Å². The minimum absolute atomic E-state index is 0.0883. The molecule has 2 N–H and O–H groups in total. The molecule has 128 valence electrons. The van der Waals surface area contributed by atoms with Crippen molar-refractivity contribution in [1.82, 2.24) is 0 Å². The number of carbonyl (C=O) groups is 1. The number of nitrogens with two attached hydrogens (primary N) is 1. The Balaban J connectivity index is 0.00000100. The molecule has 0 radical (unpaired) electrons. The number of fused-ring (bicyclic) bond motifs is 1. The number of amides is 1. The van der Waals surface area contributed by atoms with Crippen molar-refractivity contribution in [1.29, 1.82) is 0 Å². The van der Waals surface area contributed by atoms with Crippen LogP contribution < -0.4 is 14.2 Å². The molecule has 0 unspecified atom stereocenters. The standard InChI is InChI=1S/C15H13ClN2O2S2.C2H6/c16-21-11-5-6-13-10(9-11)7-8-18(13)15(19)12-3-1-2-4-14(12)20-22-17;1-2/h1-6,9H,7-8,17H2;1-2H3. The molecule has 7 heteroatoms. The highest BCUT2D eigenvalue weighted by Gasteiger charge is 2.27. The van der Waals surface area contributed by atoms with Gasteiger partial charge in [0.1, 0.15) is 12.2 Å². The molecule has 0 bridgehead atoms. The molecule has 0 saturated heterocycles. The lowest BCUT2D eigenvalue weighted by Crippen LogP contribution is -2.29. The van der Waals surface area contributed by atoms with Crippen LogP contribution in [0.5, 0.6) is 5.75 Å². The normalized spacial score (nSPS) is 12.2. The van der Waals surface area contributed by atoms with Crippen LogP contribution in [0.4, 0.5) is 5.69 Å². The Morgan fingerprint density at radius 3 is 2.71 bits per heavy atom. The second-order valence-electron chi connectivity index (χ2n) is 4.75. The van der Waals surface area contributed by atoms with Crippen molar-refractivity contribution in [3.05, 3.63) is 53.6 Å².